The van der Waals surface area contributed by atoms with Crippen LogP contribution in [0.25, 0.3) is 0 Å². The summed E-state index contributed by atoms with van der Waals surface area (Å²) < 4.78 is 11.7. The summed E-state index contributed by atoms with van der Waals surface area (Å²) in [5.41, 5.74) is 1.64. The van der Waals surface area contributed by atoms with Gasteiger partial charge in [-0.1, -0.05) is 0 Å². The number of benzene rings is 1. The van der Waals surface area contributed by atoms with Gasteiger partial charge < -0.3 is 24.6 Å². The van der Waals surface area contributed by atoms with Crippen LogP contribution in [0.1, 0.15) is 35.9 Å². The molecule has 2 aromatic rings. The highest BCUT2D eigenvalue weighted by molar-refractivity contribution is 6.04. The number of hydrogen-bond acceptors (Lipinski definition) is 6. The van der Waals surface area contributed by atoms with E-state index in [4.69, 9.17) is 9.47 Å². The zero-order chi connectivity index (χ0) is 23.3. The van der Waals surface area contributed by atoms with E-state index >= 15 is 0 Å². The van der Waals surface area contributed by atoms with Gasteiger partial charge in [0.05, 0.1) is 25.1 Å². The number of aromatic nitrogens is 2. The molecular formula is C22H29N5O5. The normalized spacial score (nSPS) is 14.6. The molecule has 1 atom stereocenters. The van der Waals surface area contributed by atoms with Crippen molar-refractivity contribution in [3.05, 3.63) is 41.7 Å². The van der Waals surface area contributed by atoms with Crippen LogP contribution in [0.15, 0.2) is 30.5 Å². The molecule has 10 nitrogen and oxygen atoms in total. The van der Waals surface area contributed by atoms with Crippen molar-refractivity contribution in [1.29, 1.82) is 0 Å². The molecule has 0 bridgehead atoms. The molecule has 1 fully saturated rings. The Balaban J connectivity index is 1.61. The molecule has 3 rings (SSSR count). The van der Waals surface area contributed by atoms with Crippen LogP contribution in [0, 0.1) is 6.92 Å². The summed E-state index contributed by atoms with van der Waals surface area (Å²) in [6, 6.07) is 6.24. The number of aryl methyl sites for hydroxylation is 1. The molecule has 0 saturated carbocycles. The van der Waals surface area contributed by atoms with Crippen LogP contribution in [-0.4, -0.2) is 77.4 Å². The number of ether oxygens (including phenoxy) is 2. The number of hydrogen-bond donors (Lipinski definition) is 1. The molecule has 0 spiro atoms. The van der Waals surface area contributed by atoms with Crippen molar-refractivity contribution >= 4 is 23.6 Å². The number of nitrogens with one attached hydrogen (secondary N) is 1. The molecular weight excluding hydrogens is 414 g/mol. The summed E-state index contributed by atoms with van der Waals surface area (Å²) in [6.07, 6.45) is 1.31. The Bertz CT molecular complexity index is 964. The number of anilines is 1. The van der Waals surface area contributed by atoms with Crippen LogP contribution in [0.5, 0.6) is 5.75 Å². The average Bonchev–Trinajstić information content (AvgIpc) is 3.18. The van der Waals surface area contributed by atoms with E-state index in [-0.39, 0.29) is 17.9 Å². The molecule has 1 saturated heterocycles. The average molecular weight is 444 g/mol. The van der Waals surface area contributed by atoms with Crippen LogP contribution in [0.4, 0.5) is 10.5 Å². The minimum atomic E-state index is -0.547. The lowest BCUT2D eigenvalue weighted by molar-refractivity contribution is -0.136. The van der Waals surface area contributed by atoms with Gasteiger partial charge in [0.15, 0.2) is 0 Å². The van der Waals surface area contributed by atoms with E-state index in [1.165, 1.54) is 0 Å². The monoisotopic (exact) mass is 443 g/mol. The fourth-order valence-electron chi connectivity index (χ4n) is 3.44. The number of carbonyl (C=O) groups is 3. The Morgan fingerprint density at radius 1 is 1.09 bits per heavy atom. The van der Waals surface area contributed by atoms with Crippen molar-refractivity contribution in [2.75, 3.05) is 45.2 Å². The molecule has 1 aromatic heterocycles. The molecule has 1 aromatic carbocycles. The Kier molecular flexibility index (Phi) is 7.34. The third-order valence-corrected chi connectivity index (χ3v) is 5.39. The number of piperazine rings is 1. The lowest BCUT2D eigenvalue weighted by atomic mass is 10.2. The SMILES string of the molecule is CCOC(=O)N1CCN(C(=O)C(C)n2cc(NC(=O)c3ccc(OC)cc3)c(C)n2)CC1. The second-order valence-corrected chi connectivity index (χ2v) is 7.48. The maximum Gasteiger partial charge on any atom is 0.409 e. The number of amides is 3. The van der Waals surface area contributed by atoms with Crippen molar-refractivity contribution in [2.24, 2.45) is 0 Å². The van der Waals surface area contributed by atoms with Gasteiger partial charge in [0.1, 0.15) is 11.8 Å². The number of carbonyl (C=O) groups excluding carboxylic acids is 3. The molecule has 2 heterocycles. The topological polar surface area (TPSA) is 106 Å². The Labute approximate surface area is 187 Å². The van der Waals surface area contributed by atoms with Crippen molar-refractivity contribution in [2.45, 2.75) is 26.8 Å². The third-order valence-electron chi connectivity index (χ3n) is 5.39. The number of nitrogens with zero attached hydrogens (tertiary/aromatic N) is 4. The smallest absolute Gasteiger partial charge is 0.409 e. The first-order valence-corrected chi connectivity index (χ1v) is 10.6. The molecule has 0 radical (unpaired) electrons. The van der Waals surface area contributed by atoms with Gasteiger partial charge >= 0.3 is 6.09 Å². The molecule has 1 unspecified atom stereocenters. The highest BCUT2D eigenvalue weighted by atomic mass is 16.6. The highest BCUT2D eigenvalue weighted by Crippen LogP contribution is 2.20. The van der Waals surface area contributed by atoms with Crippen LogP contribution in [-0.2, 0) is 9.53 Å². The first-order valence-electron chi connectivity index (χ1n) is 10.6. The second kappa shape index (κ2) is 10.2. The predicted octanol–water partition coefficient (Wildman–Crippen LogP) is 2.31. The molecule has 1 aliphatic heterocycles. The summed E-state index contributed by atoms with van der Waals surface area (Å²) >= 11 is 0. The Hall–Kier alpha value is -3.56. The van der Waals surface area contributed by atoms with Crippen LogP contribution < -0.4 is 10.1 Å². The fourth-order valence-corrected chi connectivity index (χ4v) is 3.44. The largest absolute Gasteiger partial charge is 0.497 e. The van der Waals surface area contributed by atoms with Crippen LogP contribution >= 0.6 is 0 Å². The van der Waals surface area contributed by atoms with E-state index in [1.54, 1.807) is 72.8 Å². The van der Waals surface area contributed by atoms with E-state index in [2.05, 4.69) is 10.4 Å². The maximum atomic E-state index is 13.0. The quantitative estimate of drug-likeness (QED) is 0.734. The van der Waals surface area contributed by atoms with Crippen molar-refractivity contribution < 1.29 is 23.9 Å². The van der Waals surface area contributed by atoms with Gasteiger partial charge in [-0.2, -0.15) is 5.10 Å². The Morgan fingerprint density at radius 3 is 2.31 bits per heavy atom. The number of rotatable bonds is 6. The lowest BCUT2D eigenvalue weighted by Crippen LogP contribution is -2.52. The molecule has 172 valence electrons. The van der Waals surface area contributed by atoms with E-state index in [9.17, 15) is 14.4 Å². The number of methoxy groups -OCH3 is 1. The first kappa shape index (κ1) is 23.1. The zero-order valence-electron chi connectivity index (χ0n) is 18.8. The van der Waals surface area contributed by atoms with Crippen LogP contribution in [0.2, 0.25) is 0 Å². The molecule has 32 heavy (non-hydrogen) atoms. The fraction of sp³-hybridized carbons (Fsp3) is 0.455. The summed E-state index contributed by atoms with van der Waals surface area (Å²) in [6.45, 7) is 7.35. The summed E-state index contributed by atoms with van der Waals surface area (Å²) in [7, 11) is 1.57. The summed E-state index contributed by atoms with van der Waals surface area (Å²) in [5.74, 6) is 0.300. The van der Waals surface area contributed by atoms with Gasteiger partial charge in [0.2, 0.25) is 5.91 Å². The predicted molar refractivity (Wildman–Crippen MR) is 118 cm³/mol. The van der Waals surface area contributed by atoms with Crippen molar-refractivity contribution in [3.8, 4) is 5.75 Å². The maximum absolute atomic E-state index is 13.0. The zero-order valence-corrected chi connectivity index (χ0v) is 18.8. The van der Waals surface area contributed by atoms with Gasteiger partial charge in [0, 0.05) is 37.9 Å². The molecule has 10 heteroatoms. The molecule has 1 aliphatic rings. The van der Waals surface area contributed by atoms with Gasteiger partial charge in [-0.15, -0.1) is 0 Å². The lowest BCUT2D eigenvalue weighted by Gasteiger charge is -2.35. The molecule has 3 amide bonds. The second-order valence-electron chi connectivity index (χ2n) is 7.48. The van der Waals surface area contributed by atoms with E-state index in [0.29, 0.717) is 55.5 Å². The highest BCUT2D eigenvalue weighted by Gasteiger charge is 2.29. The van der Waals surface area contributed by atoms with E-state index in [0.717, 1.165) is 0 Å². The van der Waals surface area contributed by atoms with Gasteiger partial charge in [0.25, 0.3) is 5.91 Å². The summed E-state index contributed by atoms with van der Waals surface area (Å²) in [5, 5.41) is 7.26. The van der Waals surface area contributed by atoms with Gasteiger partial charge in [-0.3, -0.25) is 14.3 Å². The van der Waals surface area contributed by atoms with Gasteiger partial charge in [-0.05, 0) is 45.0 Å². The van der Waals surface area contributed by atoms with Crippen molar-refractivity contribution in [1.82, 2.24) is 19.6 Å². The van der Waals surface area contributed by atoms with E-state index < -0.39 is 6.04 Å². The minimum Gasteiger partial charge on any atom is -0.497 e. The minimum absolute atomic E-state index is 0.0935. The molecule has 1 N–H and O–H groups in total. The van der Waals surface area contributed by atoms with Crippen LogP contribution in [0.3, 0.4) is 0 Å². The van der Waals surface area contributed by atoms with E-state index in [1.807, 2.05) is 0 Å². The Morgan fingerprint density at radius 2 is 1.72 bits per heavy atom. The first-order chi connectivity index (χ1) is 15.3. The summed E-state index contributed by atoms with van der Waals surface area (Å²) in [4.78, 5) is 40.7. The van der Waals surface area contributed by atoms with Crippen molar-refractivity contribution in [3.63, 3.8) is 0 Å². The molecule has 0 aliphatic carbocycles. The van der Waals surface area contributed by atoms with Gasteiger partial charge in [-0.25, -0.2) is 4.79 Å². The third kappa shape index (κ3) is 5.19. The standard InChI is InChI=1S/C22H29N5O5/c1-5-32-22(30)26-12-10-25(11-13-26)21(29)16(3)27-14-19(15(2)24-27)23-20(28)17-6-8-18(31-4)9-7-17/h6-9,14,16H,5,10-13H2,1-4H3,(H,23,28).